The number of carbonyl (C=O) groups excluding carboxylic acids is 1. The molecule has 1 amide bonds. The van der Waals surface area contributed by atoms with E-state index in [0.717, 1.165) is 0 Å². The third-order valence-electron chi connectivity index (χ3n) is 2.63. The van der Waals surface area contributed by atoms with Gasteiger partial charge in [0.25, 0.3) is 0 Å². The quantitative estimate of drug-likeness (QED) is 0.291. The van der Waals surface area contributed by atoms with E-state index in [1.807, 2.05) is 0 Å². The van der Waals surface area contributed by atoms with Crippen LogP contribution in [0.2, 0.25) is 0 Å². The third-order valence-corrected chi connectivity index (χ3v) is 2.63. The lowest BCUT2D eigenvalue weighted by atomic mass is 9.99. The summed E-state index contributed by atoms with van der Waals surface area (Å²) in [5, 5.41) is 46.2. The monoisotopic (exact) mass is 267 g/mol. The van der Waals surface area contributed by atoms with Crippen LogP contribution >= 0.6 is 0 Å². The molecule has 7 N–H and O–H groups in total. The maximum atomic E-state index is 10.8. The summed E-state index contributed by atoms with van der Waals surface area (Å²) in [7, 11) is 0. The largest absolute Gasteiger partial charge is 0.394 e. The van der Waals surface area contributed by atoms with Gasteiger partial charge in [0.05, 0.1) is 13.2 Å². The fraction of sp³-hybridized carbons (Fsp3) is 0.889. The van der Waals surface area contributed by atoms with Gasteiger partial charge >= 0.3 is 0 Å². The van der Waals surface area contributed by atoms with Crippen molar-refractivity contribution in [2.75, 3.05) is 13.2 Å². The fourth-order valence-corrected chi connectivity index (χ4v) is 1.54. The molecule has 9 heteroatoms. The summed E-state index contributed by atoms with van der Waals surface area (Å²) >= 11 is 0. The van der Waals surface area contributed by atoms with Crippen molar-refractivity contribution in [3.05, 3.63) is 0 Å². The Morgan fingerprint density at radius 2 is 1.83 bits per heavy atom. The van der Waals surface area contributed by atoms with Crippen LogP contribution in [0.1, 0.15) is 0 Å². The second-order valence-corrected chi connectivity index (χ2v) is 3.91. The Labute approximate surface area is 102 Å². The smallest absolute Gasteiger partial charge is 0.249 e. The summed E-state index contributed by atoms with van der Waals surface area (Å²) in [4.78, 5) is 10.8. The van der Waals surface area contributed by atoms with Gasteiger partial charge in [-0.3, -0.25) is 4.79 Å². The van der Waals surface area contributed by atoms with E-state index in [4.69, 9.17) is 25.4 Å². The molecule has 0 aromatic carbocycles. The molecule has 1 heterocycles. The average molecular weight is 267 g/mol. The Hall–Kier alpha value is -0.810. The summed E-state index contributed by atoms with van der Waals surface area (Å²) < 4.78 is 9.85. The van der Waals surface area contributed by atoms with Crippen molar-refractivity contribution < 1.29 is 39.8 Å². The molecule has 18 heavy (non-hydrogen) atoms. The Morgan fingerprint density at radius 1 is 1.22 bits per heavy atom. The zero-order chi connectivity index (χ0) is 13.9. The molecule has 1 aliphatic rings. The predicted molar refractivity (Wildman–Crippen MR) is 54.9 cm³/mol. The first-order valence-corrected chi connectivity index (χ1v) is 5.28. The lowest BCUT2D eigenvalue weighted by molar-refractivity contribution is -0.310. The number of amides is 1. The van der Waals surface area contributed by atoms with E-state index in [1.165, 1.54) is 0 Å². The molecule has 9 nitrogen and oxygen atoms in total. The van der Waals surface area contributed by atoms with Crippen molar-refractivity contribution >= 4 is 5.91 Å². The number of carbonyl (C=O) groups is 1. The first-order chi connectivity index (χ1) is 8.42. The third kappa shape index (κ3) is 3.14. The molecule has 106 valence electrons. The summed E-state index contributed by atoms with van der Waals surface area (Å²) in [6, 6.07) is 0. The van der Waals surface area contributed by atoms with Gasteiger partial charge in [0.1, 0.15) is 24.4 Å². The second kappa shape index (κ2) is 6.38. The summed E-state index contributed by atoms with van der Waals surface area (Å²) in [5.74, 6) is -0.977. The Balaban J connectivity index is 2.72. The van der Waals surface area contributed by atoms with Gasteiger partial charge in [0, 0.05) is 0 Å². The highest BCUT2D eigenvalue weighted by molar-refractivity contribution is 5.78. The molecule has 0 aromatic heterocycles. The van der Waals surface area contributed by atoms with Gasteiger partial charge in [0.15, 0.2) is 12.4 Å². The number of aliphatic hydroxyl groups is 5. The highest BCUT2D eigenvalue weighted by Crippen LogP contribution is 2.22. The lowest BCUT2D eigenvalue weighted by Crippen LogP contribution is -2.60. The first kappa shape index (κ1) is 15.2. The number of ether oxygens (including phenoxy) is 2. The molecule has 1 aliphatic heterocycles. The van der Waals surface area contributed by atoms with E-state index in [-0.39, 0.29) is 0 Å². The standard InChI is InChI=1S/C9H17NO8/c10-8(16)4(2-12)18-9-7(15)6(14)5(13)3(1-11)17-9/h3-7,9,11-15H,1-2H2,(H2,10,16)/t3-,4+,5-,6+,7+,9+/m1/s1. The van der Waals surface area contributed by atoms with Crippen LogP contribution in [0.4, 0.5) is 0 Å². The van der Waals surface area contributed by atoms with Crippen LogP contribution in [0, 0.1) is 0 Å². The molecular weight excluding hydrogens is 250 g/mol. The lowest BCUT2D eigenvalue weighted by Gasteiger charge is -2.40. The minimum Gasteiger partial charge on any atom is -0.394 e. The van der Waals surface area contributed by atoms with E-state index in [9.17, 15) is 20.1 Å². The predicted octanol–water partition coefficient (Wildman–Crippen LogP) is -4.35. The van der Waals surface area contributed by atoms with Gasteiger partial charge in [-0.15, -0.1) is 0 Å². The van der Waals surface area contributed by atoms with Crippen LogP contribution in [0.3, 0.4) is 0 Å². The number of nitrogens with two attached hydrogens (primary N) is 1. The number of aliphatic hydroxyl groups excluding tert-OH is 5. The molecule has 0 radical (unpaired) electrons. The molecular formula is C9H17NO8. The molecule has 0 unspecified atom stereocenters. The summed E-state index contributed by atoms with van der Waals surface area (Å²) in [6.07, 6.45) is -8.85. The van der Waals surface area contributed by atoms with Gasteiger partial charge in [0.2, 0.25) is 5.91 Å². The SMILES string of the molecule is NC(=O)[C@H](CO)O[C@@H]1O[C@H](CO)[C@@H](O)[C@H](O)[C@@H]1O. The van der Waals surface area contributed by atoms with Crippen molar-refractivity contribution in [2.45, 2.75) is 36.8 Å². The fourth-order valence-electron chi connectivity index (χ4n) is 1.54. The van der Waals surface area contributed by atoms with Crippen molar-refractivity contribution in [1.82, 2.24) is 0 Å². The van der Waals surface area contributed by atoms with E-state index >= 15 is 0 Å². The van der Waals surface area contributed by atoms with Crippen molar-refractivity contribution in [3.63, 3.8) is 0 Å². The zero-order valence-corrected chi connectivity index (χ0v) is 9.42. The Bertz CT molecular complexity index is 286. The van der Waals surface area contributed by atoms with E-state index in [2.05, 4.69) is 0 Å². The van der Waals surface area contributed by atoms with Crippen LogP contribution in [-0.4, -0.2) is 81.5 Å². The molecule has 1 rings (SSSR count). The van der Waals surface area contributed by atoms with Crippen LogP contribution in [0.25, 0.3) is 0 Å². The van der Waals surface area contributed by atoms with Crippen LogP contribution in [-0.2, 0) is 14.3 Å². The summed E-state index contributed by atoms with van der Waals surface area (Å²) in [6.45, 7) is -1.35. The normalized spacial score (nSPS) is 38.4. The number of hydrogen-bond donors (Lipinski definition) is 6. The minimum absolute atomic E-state index is 0.620. The molecule has 1 fully saturated rings. The number of rotatable bonds is 5. The summed E-state index contributed by atoms with van der Waals surface area (Å²) in [5.41, 5.74) is 4.92. The maximum Gasteiger partial charge on any atom is 0.249 e. The Morgan fingerprint density at radius 3 is 2.28 bits per heavy atom. The van der Waals surface area contributed by atoms with Crippen LogP contribution < -0.4 is 5.73 Å². The number of hydrogen-bond acceptors (Lipinski definition) is 8. The van der Waals surface area contributed by atoms with Gasteiger partial charge < -0.3 is 40.7 Å². The highest BCUT2D eigenvalue weighted by atomic mass is 16.7. The van der Waals surface area contributed by atoms with Crippen LogP contribution in [0.5, 0.6) is 0 Å². The molecule has 0 saturated carbocycles. The van der Waals surface area contributed by atoms with Gasteiger partial charge in [-0.25, -0.2) is 0 Å². The van der Waals surface area contributed by atoms with Gasteiger partial charge in [-0.2, -0.15) is 0 Å². The van der Waals surface area contributed by atoms with Crippen LogP contribution in [0.15, 0.2) is 0 Å². The second-order valence-electron chi connectivity index (χ2n) is 3.91. The molecule has 1 saturated heterocycles. The van der Waals surface area contributed by atoms with Crippen molar-refractivity contribution in [3.8, 4) is 0 Å². The Kier molecular flexibility index (Phi) is 5.41. The average Bonchev–Trinajstić information content (AvgIpc) is 2.35. The van der Waals surface area contributed by atoms with E-state index < -0.39 is 55.9 Å². The van der Waals surface area contributed by atoms with E-state index in [0.29, 0.717) is 0 Å². The van der Waals surface area contributed by atoms with Gasteiger partial charge in [-0.05, 0) is 0 Å². The van der Waals surface area contributed by atoms with E-state index in [1.54, 1.807) is 0 Å². The highest BCUT2D eigenvalue weighted by Gasteiger charge is 2.45. The van der Waals surface area contributed by atoms with Crippen molar-refractivity contribution in [1.29, 1.82) is 0 Å². The first-order valence-electron chi connectivity index (χ1n) is 5.28. The number of primary amides is 1. The molecule has 0 spiro atoms. The van der Waals surface area contributed by atoms with Crippen molar-refractivity contribution in [2.24, 2.45) is 5.73 Å². The molecule has 0 aliphatic carbocycles. The van der Waals surface area contributed by atoms with Gasteiger partial charge in [-0.1, -0.05) is 0 Å². The molecule has 6 atom stereocenters. The molecule has 0 aromatic rings. The molecule has 0 bridgehead atoms. The maximum absolute atomic E-state index is 10.8. The minimum atomic E-state index is -1.64. The zero-order valence-electron chi connectivity index (χ0n) is 9.42. The topological polar surface area (TPSA) is 163 Å².